The first-order chi connectivity index (χ1) is 10.1. The van der Waals surface area contributed by atoms with Crippen molar-refractivity contribution in [2.24, 2.45) is 23.5 Å². The van der Waals surface area contributed by atoms with Gasteiger partial charge in [-0.25, -0.2) is 0 Å². The van der Waals surface area contributed by atoms with E-state index in [2.05, 4.69) is 18.7 Å². The van der Waals surface area contributed by atoms with Gasteiger partial charge in [0.25, 0.3) is 0 Å². The lowest BCUT2D eigenvalue weighted by Crippen LogP contribution is -2.58. The molecule has 0 spiro atoms. The smallest absolute Gasteiger partial charge is 0.0337 e. The molecule has 1 heterocycles. The molecule has 122 valence electrons. The summed E-state index contributed by atoms with van der Waals surface area (Å²) in [6.07, 6.45) is 14.3. The fraction of sp³-hybridized carbons (Fsp3) is 1.00. The molecule has 0 aromatic heterocycles. The van der Waals surface area contributed by atoms with Gasteiger partial charge < -0.3 is 5.73 Å². The van der Waals surface area contributed by atoms with Crippen molar-refractivity contribution in [2.45, 2.75) is 89.6 Å². The molecule has 4 unspecified atom stereocenters. The molecule has 0 aromatic rings. The first-order valence-electron chi connectivity index (χ1n) is 9.61. The molecule has 2 saturated carbocycles. The van der Waals surface area contributed by atoms with Crippen LogP contribution in [0.1, 0.15) is 78.1 Å². The molecule has 2 nitrogen and oxygen atoms in total. The standard InChI is InChI=1S/C19H36N2/c1-15(2)12-16-6-5-10-19(13-16,14-20)21-11-9-17-7-3-4-8-18(17)21/h15-18H,3-14,20H2,1-2H3. The van der Waals surface area contributed by atoms with Gasteiger partial charge in [0, 0.05) is 18.1 Å². The van der Waals surface area contributed by atoms with Crippen molar-refractivity contribution in [1.29, 1.82) is 0 Å². The van der Waals surface area contributed by atoms with Crippen molar-refractivity contribution >= 4 is 0 Å². The maximum Gasteiger partial charge on any atom is 0.0337 e. The average Bonchev–Trinajstić information content (AvgIpc) is 2.91. The third-order valence-electron chi connectivity index (χ3n) is 6.73. The van der Waals surface area contributed by atoms with Crippen molar-refractivity contribution in [1.82, 2.24) is 4.90 Å². The van der Waals surface area contributed by atoms with E-state index in [4.69, 9.17) is 5.73 Å². The summed E-state index contributed by atoms with van der Waals surface area (Å²) < 4.78 is 0. The Morgan fingerprint density at radius 2 is 1.90 bits per heavy atom. The summed E-state index contributed by atoms with van der Waals surface area (Å²) in [4.78, 5) is 2.92. The molecule has 0 radical (unpaired) electrons. The predicted octanol–water partition coefficient (Wildman–Crippen LogP) is 4.18. The Balaban J connectivity index is 1.73. The van der Waals surface area contributed by atoms with Crippen molar-refractivity contribution in [3.63, 3.8) is 0 Å². The van der Waals surface area contributed by atoms with Gasteiger partial charge in [0.2, 0.25) is 0 Å². The number of nitrogens with two attached hydrogens (primary N) is 1. The van der Waals surface area contributed by atoms with Crippen LogP contribution in [0.4, 0.5) is 0 Å². The number of nitrogens with zero attached hydrogens (tertiary/aromatic N) is 1. The Hall–Kier alpha value is -0.0800. The molecule has 3 fully saturated rings. The molecule has 0 aromatic carbocycles. The summed E-state index contributed by atoms with van der Waals surface area (Å²) in [6, 6.07) is 0.875. The summed E-state index contributed by atoms with van der Waals surface area (Å²) in [5, 5.41) is 0. The predicted molar refractivity (Wildman–Crippen MR) is 90.3 cm³/mol. The van der Waals surface area contributed by atoms with Crippen LogP contribution in [0, 0.1) is 17.8 Å². The highest BCUT2D eigenvalue weighted by molar-refractivity contribution is 5.03. The van der Waals surface area contributed by atoms with Crippen molar-refractivity contribution in [3.8, 4) is 0 Å². The second kappa shape index (κ2) is 6.58. The van der Waals surface area contributed by atoms with Crippen LogP contribution in [-0.2, 0) is 0 Å². The molecule has 2 N–H and O–H groups in total. The van der Waals surface area contributed by atoms with Gasteiger partial charge in [-0.1, -0.05) is 39.5 Å². The lowest BCUT2D eigenvalue weighted by atomic mass is 9.71. The minimum absolute atomic E-state index is 0.356. The molecule has 0 bridgehead atoms. The monoisotopic (exact) mass is 292 g/mol. The molecule has 0 amide bonds. The third kappa shape index (κ3) is 3.17. The first-order valence-corrected chi connectivity index (χ1v) is 9.61. The maximum absolute atomic E-state index is 6.39. The normalized spacial score (nSPS) is 41.4. The second-order valence-electron chi connectivity index (χ2n) is 8.61. The van der Waals surface area contributed by atoms with E-state index >= 15 is 0 Å². The summed E-state index contributed by atoms with van der Waals surface area (Å²) >= 11 is 0. The van der Waals surface area contributed by atoms with Gasteiger partial charge in [-0.3, -0.25) is 4.90 Å². The fourth-order valence-electron chi connectivity index (χ4n) is 5.89. The van der Waals surface area contributed by atoms with Gasteiger partial charge >= 0.3 is 0 Å². The Bertz CT molecular complexity index is 340. The molecule has 4 atom stereocenters. The van der Waals surface area contributed by atoms with E-state index in [0.717, 1.165) is 30.3 Å². The number of likely N-dealkylation sites (tertiary alicyclic amines) is 1. The first kappa shape index (κ1) is 15.8. The van der Waals surface area contributed by atoms with E-state index in [9.17, 15) is 0 Å². The molecule has 3 aliphatic rings. The highest BCUT2D eigenvalue weighted by atomic mass is 15.3. The summed E-state index contributed by atoms with van der Waals surface area (Å²) in [7, 11) is 0. The van der Waals surface area contributed by atoms with Crippen LogP contribution in [0.5, 0.6) is 0 Å². The quantitative estimate of drug-likeness (QED) is 0.842. The molecule has 21 heavy (non-hydrogen) atoms. The average molecular weight is 293 g/mol. The topological polar surface area (TPSA) is 29.3 Å². The van der Waals surface area contributed by atoms with E-state index in [0.29, 0.717) is 5.54 Å². The minimum atomic E-state index is 0.356. The van der Waals surface area contributed by atoms with Crippen LogP contribution in [0.25, 0.3) is 0 Å². The second-order valence-corrected chi connectivity index (χ2v) is 8.61. The van der Waals surface area contributed by atoms with Gasteiger partial charge in [0.1, 0.15) is 0 Å². The Labute approximate surface area is 131 Å². The van der Waals surface area contributed by atoms with Gasteiger partial charge in [0.05, 0.1) is 0 Å². The molecule has 1 saturated heterocycles. The molecular formula is C19H36N2. The van der Waals surface area contributed by atoms with Gasteiger partial charge in [-0.2, -0.15) is 0 Å². The van der Waals surface area contributed by atoms with E-state index < -0.39 is 0 Å². The lowest BCUT2D eigenvalue weighted by molar-refractivity contribution is 0.00613. The fourth-order valence-corrected chi connectivity index (χ4v) is 5.89. The van der Waals surface area contributed by atoms with Crippen LogP contribution in [0.3, 0.4) is 0 Å². The Morgan fingerprint density at radius 1 is 1.10 bits per heavy atom. The van der Waals surface area contributed by atoms with Crippen LogP contribution in [0.15, 0.2) is 0 Å². The zero-order chi connectivity index (χ0) is 14.9. The van der Waals surface area contributed by atoms with Gasteiger partial charge in [0.15, 0.2) is 0 Å². The van der Waals surface area contributed by atoms with Crippen LogP contribution in [0.2, 0.25) is 0 Å². The van der Waals surface area contributed by atoms with Crippen molar-refractivity contribution < 1.29 is 0 Å². The molecule has 2 heteroatoms. The van der Waals surface area contributed by atoms with Crippen LogP contribution >= 0.6 is 0 Å². The van der Waals surface area contributed by atoms with E-state index in [-0.39, 0.29) is 0 Å². The highest BCUT2D eigenvalue weighted by Gasteiger charge is 2.47. The number of rotatable bonds is 4. The van der Waals surface area contributed by atoms with Crippen LogP contribution in [-0.4, -0.2) is 29.6 Å². The molecular weight excluding hydrogens is 256 g/mol. The zero-order valence-corrected chi connectivity index (χ0v) is 14.3. The van der Waals surface area contributed by atoms with Gasteiger partial charge in [-0.05, 0) is 62.8 Å². The number of hydrogen-bond donors (Lipinski definition) is 1. The van der Waals surface area contributed by atoms with E-state index in [1.54, 1.807) is 0 Å². The Morgan fingerprint density at radius 3 is 2.67 bits per heavy atom. The van der Waals surface area contributed by atoms with Crippen LogP contribution < -0.4 is 5.73 Å². The molecule has 2 aliphatic carbocycles. The SMILES string of the molecule is CC(C)CC1CCCC(CN)(N2CCC3CCCCC32)C1. The van der Waals surface area contributed by atoms with Gasteiger partial charge in [-0.15, -0.1) is 0 Å². The van der Waals surface area contributed by atoms with Crippen molar-refractivity contribution in [3.05, 3.63) is 0 Å². The highest BCUT2D eigenvalue weighted by Crippen LogP contribution is 2.46. The number of hydrogen-bond acceptors (Lipinski definition) is 2. The Kier molecular flexibility index (Phi) is 4.95. The maximum atomic E-state index is 6.39. The third-order valence-corrected chi connectivity index (χ3v) is 6.73. The summed E-state index contributed by atoms with van der Waals surface area (Å²) in [6.45, 7) is 6.99. The summed E-state index contributed by atoms with van der Waals surface area (Å²) in [5.41, 5.74) is 6.75. The van der Waals surface area contributed by atoms with E-state index in [1.807, 2.05) is 0 Å². The molecule has 3 rings (SSSR count). The summed E-state index contributed by atoms with van der Waals surface area (Å²) in [5.74, 6) is 2.75. The van der Waals surface area contributed by atoms with E-state index in [1.165, 1.54) is 70.8 Å². The largest absolute Gasteiger partial charge is 0.329 e. The van der Waals surface area contributed by atoms with Crippen molar-refractivity contribution in [2.75, 3.05) is 13.1 Å². The lowest BCUT2D eigenvalue weighted by Gasteiger charge is -2.50. The molecule has 1 aliphatic heterocycles. The minimum Gasteiger partial charge on any atom is -0.329 e. The number of fused-ring (bicyclic) bond motifs is 1. The zero-order valence-electron chi connectivity index (χ0n) is 14.3.